The molecule has 1 atom stereocenters. The van der Waals surface area contributed by atoms with E-state index in [1.807, 2.05) is 6.07 Å². The second-order valence-corrected chi connectivity index (χ2v) is 7.04. The number of rotatable bonds is 7. The van der Waals surface area contributed by atoms with Crippen LogP contribution < -0.4 is 9.47 Å². The average Bonchev–Trinajstić information content (AvgIpc) is 2.60. The Labute approximate surface area is 140 Å². The molecule has 0 aliphatic carbocycles. The van der Waals surface area contributed by atoms with Crippen LogP contribution in [0.4, 0.5) is 0 Å². The molecule has 0 amide bonds. The quantitative estimate of drug-likeness (QED) is 0.820. The molecule has 2 aromatic rings. The molecule has 0 spiro atoms. The van der Waals surface area contributed by atoms with Crippen LogP contribution in [0.3, 0.4) is 0 Å². The van der Waals surface area contributed by atoms with Gasteiger partial charge in [-0.15, -0.1) is 0 Å². The maximum atomic E-state index is 12.4. The van der Waals surface area contributed by atoms with E-state index >= 15 is 0 Å². The van der Waals surface area contributed by atoms with E-state index in [0.29, 0.717) is 11.3 Å². The molecule has 2 aromatic carbocycles. The van der Waals surface area contributed by atoms with Crippen LogP contribution in [-0.4, -0.2) is 39.1 Å². The predicted octanol–water partition coefficient (Wildman–Crippen LogP) is 1.78. The van der Waals surface area contributed by atoms with Crippen molar-refractivity contribution >= 4 is 9.84 Å². The summed E-state index contributed by atoms with van der Waals surface area (Å²) >= 11 is 0. The van der Waals surface area contributed by atoms with Crippen LogP contribution in [0.2, 0.25) is 0 Å². The third-order valence-corrected chi connectivity index (χ3v) is 5.07. The molecule has 6 nitrogen and oxygen atoms in total. The van der Waals surface area contributed by atoms with Crippen molar-refractivity contribution in [1.29, 1.82) is 5.26 Å². The highest BCUT2D eigenvalue weighted by atomic mass is 32.2. The first-order valence-corrected chi connectivity index (χ1v) is 8.78. The molecule has 0 unspecified atom stereocenters. The second-order valence-electron chi connectivity index (χ2n) is 5.03. The molecule has 7 heteroatoms. The molecule has 0 heterocycles. The van der Waals surface area contributed by atoms with Gasteiger partial charge >= 0.3 is 0 Å². The number of nitriles is 1. The van der Waals surface area contributed by atoms with Crippen molar-refractivity contribution in [3.63, 3.8) is 0 Å². The van der Waals surface area contributed by atoms with E-state index in [0.717, 1.165) is 0 Å². The van der Waals surface area contributed by atoms with Gasteiger partial charge in [0, 0.05) is 0 Å². The van der Waals surface area contributed by atoms with Crippen LogP contribution in [0, 0.1) is 11.3 Å². The summed E-state index contributed by atoms with van der Waals surface area (Å²) in [6.45, 7) is -0.180. The maximum Gasteiger partial charge on any atom is 0.184 e. The van der Waals surface area contributed by atoms with Crippen LogP contribution in [0.15, 0.2) is 53.4 Å². The third-order valence-electron chi connectivity index (χ3n) is 3.24. The highest BCUT2D eigenvalue weighted by Gasteiger charge is 2.23. The van der Waals surface area contributed by atoms with Crippen LogP contribution >= 0.6 is 0 Å². The van der Waals surface area contributed by atoms with E-state index in [9.17, 15) is 13.5 Å². The summed E-state index contributed by atoms with van der Waals surface area (Å²) in [6, 6.07) is 14.5. The number of methoxy groups -OCH3 is 1. The largest absolute Gasteiger partial charge is 0.495 e. The Morgan fingerprint density at radius 2 is 1.83 bits per heavy atom. The van der Waals surface area contributed by atoms with Gasteiger partial charge in [-0.2, -0.15) is 5.26 Å². The summed E-state index contributed by atoms with van der Waals surface area (Å²) in [7, 11) is -2.33. The minimum absolute atomic E-state index is 0.0323. The topological polar surface area (TPSA) is 96.6 Å². The summed E-state index contributed by atoms with van der Waals surface area (Å²) in [5.41, 5.74) is 0.488. The summed E-state index contributed by atoms with van der Waals surface area (Å²) in [5.74, 6) is 0.198. The van der Waals surface area contributed by atoms with Gasteiger partial charge in [-0.25, -0.2) is 8.42 Å². The molecule has 0 bridgehead atoms. The summed E-state index contributed by atoms with van der Waals surface area (Å²) in [4.78, 5) is 0.0323. The lowest BCUT2D eigenvalue weighted by atomic mass is 10.2. The van der Waals surface area contributed by atoms with Gasteiger partial charge in [0.2, 0.25) is 0 Å². The van der Waals surface area contributed by atoms with Gasteiger partial charge in [-0.05, 0) is 36.4 Å². The van der Waals surface area contributed by atoms with Crippen molar-refractivity contribution in [2.24, 2.45) is 0 Å². The first-order chi connectivity index (χ1) is 11.5. The van der Waals surface area contributed by atoms with E-state index < -0.39 is 21.7 Å². The first kappa shape index (κ1) is 17.8. The number of hydrogen-bond donors (Lipinski definition) is 1. The Bertz CT molecular complexity index is 825. The molecule has 0 aromatic heterocycles. The van der Waals surface area contributed by atoms with Gasteiger partial charge in [-0.1, -0.05) is 12.1 Å². The highest BCUT2D eigenvalue weighted by molar-refractivity contribution is 7.91. The first-order valence-electron chi connectivity index (χ1n) is 7.13. The summed E-state index contributed by atoms with van der Waals surface area (Å²) < 4.78 is 35.2. The molecule has 0 fully saturated rings. The van der Waals surface area contributed by atoms with Gasteiger partial charge in [0.15, 0.2) is 9.84 Å². The standard InChI is InChI=1S/C17H17NO5S/c1-22-16-4-2-3-5-17(16)24(20,21)12-14(19)11-23-15-8-6-13(10-18)7-9-15/h2-9,14,19H,11-12H2,1H3/t14-/m0/s1. The van der Waals surface area contributed by atoms with Crippen molar-refractivity contribution in [3.05, 3.63) is 54.1 Å². The Kier molecular flexibility index (Phi) is 5.79. The molecule has 2 rings (SSSR count). The second kappa shape index (κ2) is 7.81. The third kappa shape index (κ3) is 4.47. The van der Waals surface area contributed by atoms with E-state index in [-0.39, 0.29) is 17.3 Å². The fourth-order valence-electron chi connectivity index (χ4n) is 2.09. The summed E-state index contributed by atoms with van der Waals surface area (Å²) in [5, 5.41) is 18.7. The molecule has 24 heavy (non-hydrogen) atoms. The van der Waals surface area contributed by atoms with Crippen LogP contribution in [0.25, 0.3) is 0 Å². The Hall–Kier alpha value is -2.56. The lowest BCUT2D eigenvalue weighted by molar-refractivity contribution is 0.125. The molecule has 1 N–H and O–H groups in total. The maximum absolute atomic E-state index is 12.4. The number of aliphatic hydroxyl groups is 1. The molecule has 0 aliphatic rings. The van der Waals surface area contributed by atoms with E-state index in [2.05, 4.69) is 0 Å². The minimum Gasteiger partial charge on any atom is -0.495 e. The van der Waals surface area contributed by atoms with E-state index in [1.165, 1.54) is 13.2 Å². The van der Waals surface area contributed by atoms with Gasteiger partial charge in [-0.3, -0.25) is 0 Å². The van der Waals surface area contributed by atoms with Gasteiger partial charge in [0.1, 0.15) is 29.1 Å². The number of ether oxygens (including phenoxy) is 2. The normalized spacial score (nSPS) is 12.2. The van der Waals surface area contributed by atoms with Crippen molar-refractivity contribution in [1.82, 2.24) is 0 Å². The van der Waals surface area contributed by atoms with Crippen molar-refractivity contribution in [3.8, 4) is 17.6 Å². The van der Waals surface area contributed by atoms with Crippen molar-refractivity contribution < 1.29 is 23.0 Å². The number of hydrogen-bond acceptors (Lipinski definition) is 6. The van der Waals surface area contributed by atoms with E-state index in [4.69, 9.17) is 14.7 Å². The molecule has 0 saturated carbocycles. The number of para-hydroxylation sites is 1. The number of nitrogens with zero attached hydrogens (tertiary/aromatic N) is 1. The van der Waals surface area contributed by atoms with Crippen LogP contribution in [0.5, 0.6) is 11.5 Å². The SMILES string of the molecule is COc1ccccc1S(=O)(=O)C[C@@H](O)COc1ccc(C#N)cc1. The number of aliphatic hydroxyl groups excluding tert-OH is 1. The van der Waals surface area contributed by atoms with Gasteiger partial charge < -0.3 is 14.6 Å². The zero-order valence-electron chi connectivity index (χ0n) is 13.0. The van der Waals surface area contributed by atoms with Crippen LogP contribution in [-0.2, 0) is 9.84 Å². The average molecular weight is 347 g/mol. The van der Waals surface area contributed by atoms with Crippen molar-refractivity contribution in [2.45, 2.75) is 11.0 Å². The lowest BCUT2D eigenvalue weighted by Crippen LogP contribution is -2.27. The number of benzene rings is 2. The molecule has 0 radical (unpaired) electrons. The highest BCUT2D eigenvalue weighted by Crippen LogP contribution is 2.24. The molecule has 0 aliphatic heterocycles. The fourth-order valence-corrected chi connectivity index (χ4v) is 3.61. The zero-order chi connectivity index (χ0) is 17.6. The van der Waals surface area contributed by atoms with Crippen molar-refractivity contribution in [2.75, 3.05) is 19.5 Å². The Morgan fingerprint density at radius 3 is 2.46 bits per heavy atom. The van der Waals surface area contributed by atoms with Gasteiger partial charge in [0.25, 0.3) is 0 Å². The summed E-state index contributed by atoms with van der Waals surface area (Å²) in [6.07, 6.45) is -1.20. The zero-order valence-corrected chi connectivity index (χ0v) is 13.9. The van der Waals surface area contributed by atoms with E-state index in [1.54, 1.807) is 42.5 Å². The Balaban J connectivity index is 2.00. The predicted molar refractivity (Wildman–Crippen MR) is 87.7 cm³/mol. The Morgan fingerprint density at radius 1 is 1.17 bits per heavy atom. The monoisotopic (exact) mass is 347 g/mol. The number of sulfone groups is 1. The molecule has 0 saturated heterocycles. The molecular formula is C17H17NO5S. The molecular weight excluding hydrogens is 330 g/mol. The smallest absolute Gasteiger partial charge is 0.184 e. The van der Waals surface area contributed by atoms with Crippen LogP contribution in [0.1, 0.15) is 5.56 Å². The van der Waals surface area contributed by atoms with Gasteiger partial charge in [0.05, 0.1) is 24.5 Å². The molecule has 126 valence electrons. The lowest BCUT2D eigenvalue weighted by Gasteiger charge is -2.14. The fraction of sp³-hybridized carbons (Fsp3) is 0.235. The minimum atomic E-state index is -3.72.